The van der Waals surface area contributed by atoms with Crippen molar-refractivity contribution < 1.29 is 46.5 Å². The summed E-state index contributed by atoms with van der Waals surface area (Å²) in [5, 5.41) is 6.66. The molecule has 2 aromatic rings. The maximum atomic E-state index is 15.0. The van der Waals surface area contributed by atoms with Crippen LogP contribution in [0.3, 0.4) is 0 Å². The number of fused-ring (bicyclic) bond motifs is 4. The maximum Gasteiger partial charge on any atom is 0.408 e. The Balaban J connectivity index is 1.09. The molecule has 59 heavy (non-hydrogen) atoms. The molecule has 0 bridgehead atoms. The molecule has 0 spiro atoms. The SMILES string of the molecule is COCCOc1cnc(O[C@@H]2C[C@H]3C(=O)N[C@]4(C(=O)NS(=O)(=O)C5CC5)C[C@H]4/C=C\CC[C@@H](C)C[C@@H](C)[C@H](NC(=O)OC4CC5CC[C@H]5C4)C(=O)N3C2)c2ccccc12. The highest BCUT2D eigenvalue weighted by molar-refractivity contribution is 7.91. The van der Waals surface area contributed by atoms with E-state index in [1.54, 1.807) is 13.3 Å². The minimum absolute atomic E-state index is 0.0148. The molecule has 4 amide bonds. The minimum Gasteiger partial charge on any atom is -0.489 e. The lowest BCUT2D eigenvalue weighted by Crippen LogP contribution is -2.59. The zero-order chi connectivity index (χ0) is 41.5. The number of rotatable bonds is 11. The summed E-state index contributed by atoms with van der Waals surface area (Å²) in [5.41, 5.74) is -1.51. The summed E-state index contributed by atoms with van der Waals surface area (Å²) in [6.07, 6.45) is 11.1. The van der Waals surface area contributed by atoms with Crippen LogP contribution in [0.5, 0.6) is 11.6 Å². The lowest BCUT2D eigenvalue weighted by Gasteiger charge is -2.33. The summed E-state index contributed by atoms with van der Waals surface area (Å²) in [7, 11) is -2.31. The van der Waals surface area contributed by atoms with Crippen LogP contribution in [0.1, 0.15) is 84.5 Å². The van der Waals surface area contributed by atoms with Gasteiger partial charge in [-0.2, -0.15) is 0 Å². The number of sulfonamides is 1. The van der Waals surface area contributed by atoms with E-state index in [2.05, 4.69) is 27.3 Å². The average Bonchev–Trinajstić information content (AvgIpc) is 4.11. The molecule has 3 heterocycles. The molecular formula is C43H57N5O10S. The Kier molecular flexibility index (Phi) is 11.8. The molecule has 5 fully saturated rings. The quantitative estimate of drug-likeness (QED) is 0.215. The second kappa shape index (κ2) is 16.9. The van der Waals surface area contributed by atoms with Gasteiger partial charge in [-0.3, -0.25) is 19.1 Å². The summed E-state index contributed by atoms with van der Waals surface area (Å²) < 4.78 is 51.7. The van der Waals surface area contributed by atoms with Crippen molar-refractivity contribution in [2.45, 2.75) is 120 Å². The fourth-order valence-corrected chi connectivity index (χ4v) is 11.0. The lowest BCUT2D eigenvalue weighted by molar-refractivity contribution is -0.142. The van der Waals surface area contributed by atoms with Crippen molar-refractivity contribution in [3.63, 3.8) is 0 Å². The standard InChI is InChI=1S/C43H57N5O10S/c1-25-8-4-5-9-29-22-43(29,41(51)47-59(53,54)32-14-15-32)46-38(49)35-21-31(57-39-34-11-7-6-10-33(34)36(23-44-39)56-17-16-55-3)24-48(35)40(50)37(26(2)18-25)45-42(52)58-30-19-27-12-13-28(27)20-30/h5-7,9-11,23,25-32,35,37H,4,8,12-22,24H2,1-3H3,(H,45,52)(H,46,49)(H,47,51)/b9-5-/t25-,26-,27+,28?,29-,30?,31-,35+,37+,43-/m1/s1. The number of hydrogen-bond donors (Lipinski definition) is 3. The predicted molar refractivity (Wildman–Crippen MR) is 217 cm³/mol. The van der Waals surface area contributed by atoms with Crippen molar-refractivity contribution in [3.05, 3.63) is 42.6 Å². The molecule has 16 heteroatoms. The van der Waals surface area contributed by atoms with E-state index in [-0.39, 0.29) is 37.3 Å². The van der Waals surface area contributed by atoms with Gasteiger partial charge in [0.15, 0.2) is 0 Å². The first-order valence-corrected chi connectivity index (χ1v) is 22.9. The number of methoxy groups -OCH3 is 1. The number of aromatic nitrogens is 1. The number of hydrogen-bond acceptors (Lipinski definition) is 11. The van der Waals surface area contributed by atoms with Gasteiger partial charge in [0, 0.05) is 30.2 Å². The largest absolute Gasteiger partial charge is 0.489 e. The Bertz CT molecular complexity index is 2070. The number of carbonyl (C=O) groups excluding carboxylic acids is 4. The number of amides is 4. The van der Waals surface area contributed by atoms with Gasteiger partial charge < -0.3 is 34.5 Å². The Labute approximate surface area is 345 Å². The molecule has 10 atom stereocenters. The molecule has 1 aromatic carbocycles. The molecule has 1 aromatic heterocycles. The smallest absolute Gasteiger partial charge is 0.408 e. The van der Waals surface area contributed by atoms with Crippen molar-refractivity contribution in [1.29, 1.82) is 0 Å². The molecule has 6 aliphatic rings. The van der Waals surface area contributed by atoms with Crippen LogP contribution in [0.25, 0.3) is 10.8 Å². The van der Waals surface area contributed by atoms with Crippen LogP contribution in [-0.2, 0) is 33.9 Å². The van der Waals surface area contributed by atoms with Gasteiger partial charge in [-0.25, -0.2) is 18.2 Å². The van der Waals surface area contributed by atoms with Crippen LogP contribution in [-0.4, -0.2) is 104 Å². The number of benzene rings is 1. The molecule has 320 valence electrons. The zero-order valence-electron chi connectivity index (χ0n) is 34.1. The van der Waals surface area contributed by atoms with Crippen LogP contribution >= 0.6 is 0 Å². The molecule has 1 saturated heterocycles. The third-order valence-electron chi connectivity index (χ3n) is 13.4. The summed E-state index contributed by atoms with van der Waals surface area (Å²) in [6, 6.07) is 5.35. The van der Waals surface area contributed by atoms with E-state index in [1.807, 2.05) is 43.3 Å². The number of nitrogens with one attached hydrogen (secondary N) is 3. The minimum atomic E-state index is -3.91. The average molecular weight is 836 g/mol. The molecule has 0 radical (unpaired) electrons. The Morgan fingerprint density at radius 3 is 2.42 bits per heavy atom. The number of alkyl carbamates (subject to hydrolysis) is 1. The van der Waals surface area contributed by atoms with Crippen molar-refractivity contribution in [2.75, 3.05) is 26.9 Å². The highest BCUT2D eigenvalue weighted by Gasteiger charge is 2.62. The fraction of sp³-hybridized carbons (Fsp3) is 0.651. The van der Waals surface area contributed by atoms with Crippen molar-refractivity contribution in [3.8, 4) is 11.6 Å². The zero-order valence-corrected chi connectivity index (χ0v) is 34.9. The van der Waals surface area contributed by atoms with E-state index < -0.39 is 68.7 Å². The third kappa shape index (κ3) is 8.89. The first-order valence-electron chi connectivity index (χ1n) is 21.3. The highest BCUT2D eigenvalue weighted by atomic mass is 32.2. The predicted octanol–water partition coefficient (Wildman–Crippen LogP) is 4.39. The van der Waals surface area contributed by atoms with E-state index in [1.165, 1.54) is 4.90 Å². The molecule has 4 aliphatic carbocycles. The van der Waals surface area contributed by atoms with Gasteiger partial charge in [-0.1, -0.05) is 44.2 Å². The molecule has 2 aliphatic heterocycles. The van der Waals surface area contributed by atoms with Gasteiger partial charge >= 0.3 is 6.09 Å². The second-order valence-electron chi connectivity index (χ2n) is 17.8. The van der Waals surface area contributed by atoms with Crippen LogP contribution in [0.4, 0.5) is 4.79 Å². The molecule has 3 N–H and O–H groups in total. The van der Waals surface area contributed by atoms with E-state index in [9.17, 15) is 27.6 Å². The van der Waals surface area contributed by atoms with Crippen LogP contribution < -0.4 is 24.8 Å². The second-order valence-corrected chi connectivity index (χ2v) is 19.7. The number of allylic oxidation sites excluding steroid dienone is 1. The maximum absolute atomic E-state index is 15.0. The molecule has 4 saturated carbocycles. The molecule has 15 nitrogen and oxygen atoms in total. The summed E-state index contributed by atoms with van der Waals surface area (Å²) >= 11 is 0. The van der Waals surface area contributed by atoms with E-state index >= 15 is 0 Å². The summed E-state index contributed by atoms with van der Waals surface area (Å²) in [6.45, 7) is 4.74. The molecular weight excluding hydrogens is 779 g/mol. The van der Waals surface area contributed by atoms with E-state index in [0.29, 0.717) is 67.7 Å². The van der Waals surface area contributed by atoms with Gasteiger partial charge in [0.2, 0.25) is 27.7 Å². The lowest BCUT2D eigenvalue weighted by atomic mass is 9.77. The first kappa shape index (κ1) is 41.3. The van der Waals surface area contributed by atoms with Crippen LogP contribution in [0.2, 0.25) is 0 Å². The summed E-state index contributed by atoms with van der Waals surface area (Å²) in [4.78, 5) is 63.1. The number of pyridine rings is 1. The third-order valence-corrected chi connectivity index (χ3v) is 15.2. The summed E-state index contributed by atoms with van der Waals surface area (Å²) in [5.74, 6) is -0.448. The molecule has 8 rings (SSSR count). The number of nitrogens with zero attached hydrogens (tertiary/aromatic N) is 2. The van der Waals surface area contributed by atoms with Gasteiger partial charge in [-0.05, 0) is 93.9 Å². The first-order chi connectivity index (χ1) is 28.3. The topological polar surface area (TPSA) is 192 Å². The van der Waals surface area contributed by atoms with Gasteiger partial charge in [0.1, 0.15) is 42.2 Å². The van der Waals surface area contributed by atoms with Crippen molar-refractivity contribution >= 4 is 44.6 Å². The van der Waals surface area contributed by atoms with Crippen LogP contribution in [0.15, 0.2) is 42.6 Å². The fourth-order valence-electron chi connectivity index (χ4n) is 9.68. The number of ether oxygens (including phenoxy) is 4. The van der Waals surface area contributed by atoms with Gasteiger partial charge in [0.25, 0.3) is 5.91 Å². The Hall–Kier alpha value is -4.44. The molecule has 2 unspecified atom stereocenters. The Morgan fingerprint density at radius 2 is 1.71 bits per heavy atom. The van der Waals surface area contributed by atoms with Crippen molar-refractivity contribution in [2.24, 2.45) is 29.6 Å². The van der Waals surface area contributed by atoms with E-state index in [4.69, 9.17) is 18.9 Å². The van der Waals surface area contributed by atoms with Gasteiger partial charge in [-0.15, -0.1) is 0 Å². The number of carbonyl (C=O) groups is 4. The highest BCUT2D eigenvalue weighted by Crippen LogP contribution is 2.48. The normalized spacial score (nSPS) is 33.8. The Morgan fingerprint density at radius 1 is 0.966 bits per heavy atom. The monoisotopic (exact) mass is 835 g/mol. The van der Waals surface area contributed by atoms with E-state index in [0.717, 1.165) is 37.5 Å². The van der Waals surface area contributed by atoms with Gasteiger partial charge in [0.05, 0.1) is 24.6 Å². The van der Waals surface area contributed by atoms with Crippen molar-refractivity contribution in [1.82, 2.24) is 25.2 Å². The van der Waals surface area contributed by atoms with Crippen LogP contribution in [0, 0.1) is 29.6 Å².